The molecule has 0 fully saturated rings. The molecule has 0 bridgehead atoms. The van der Waals surface area contributed by atoms with E-state index in [-0.39, 0.29) is 18.9 Å². The van der Waals surface area contributed by atoms with Gasteiger partial charge in [0.15, 0.2) is 0 Å². The number of hydrogen-bond donors (Lipinski definition) is 1. The van der Waals surface area contributed by atoms with Crippen LogP contribution in [0, 0.1) is 0 Å². The van der Waals surface area contributed by atoms with E-state index in [9.17, 15) is 9.59 Å². The highest BCUT2D eigenvalue weighted by Gasteiger charge is 2.17. The topological polar surface area (TPSA) is 57.6 Å². The molecule has 1 heterocycles. The van der Waals surface area contributed by atoms with Gasteiger partial charge in [-0.15, -0.1) is 23.1 Å². The van der Waals surface area contributed by atoms with Crippen LogP contribution >= 0.6 is 23.1 Å². The maximum atomic E-state index is 12.4. The molecule has 2 aromatic rings. The number of rotatable bonds is 7. The fourth-order valence-corrected chi connectivity index (χ4v) is 3.43. The van der Waals surface area contributed by atoms with Gasteiger partial charge in [-0.25, -0.2) is 0 Å². The number of carboxylic acids is 1. The number of anilines is 1. The molecule has 0 saturated carbocycles. The smallest absolute Gasteiger partial charge is 0.305 e. The third-order valence-corrected chi connectivity index (χ3v) is 4.87. The van der Waals surface area contributed by atoms with Crippen LogP contribution in [0.2, 0.25) is 0 Å². The molecule has 1 amide bonds. The number of benzene rings is 1. The lowest BCUT2D eigenvalue weighted by molar-refractivity contribution is -0.136. The van der Waals surface area contributed by atoms with E-state index in [1.807, 2.05) is 47.8 Å². The van der Waals surface area contributed by atoms with Crippen molar-refractivity contribution in [3.05, 3.63) is 47.8 Å². The van der Waals surface area contributed by atoms with Gasteiger partial charge < -0.3 is 10.0 Å². The third-order valence-electron chi connectivity index (χ3n) is 2.75. The van der Waals surface area contributed by atoms with E-state index in [4.69, 9.17) is 5.11 Å². The number of carbonyl (C=O) groups excluding carboxylic acids is 1. The van der Waals surface area contributed by atoms with Crippen molar-refractivity contribution in [1.29, 1.82) is 0 Å². The Morgan fingerprint density at radius 1 is 1.14 bits per heavy atom. The molecule has 0 aliphatic rings. The second kappa shape index (κ2) is 7.85. The highest BCUT2D eigenvalue weighted by Crippen LogP contribution is 2.24. The van der Waals surface area contributed by atoms with Crippen LogP contribution < -0.4 is 4.90 Å². The van der Waals surface area contributed by atoms with Crippen molar-refractivity contribution < 1.29 is 14.7 Å². The van der Waals surface area contributed by atoms with Crippen molar-refractivity contribution in [1.82, 2.24) is 0 Å². The molecule has 0 aliphatic heterocycles. The first-order chi connectivity index (χ1) is 10.2. The first-order valence-electron chi connectivity index (χ1n) is 6.40. The van der Waals surface area contributed by atoms with Crippen molar-refractivity contribution in [2.75, 3.05) is 17.2 Å². The van der Waals surface area contributed by atoms with Gasteiger partial charge in [-0.3, -0.25) is 9.59 Å². The summed E-state index contributed by atoms with van der Waals surface area (Å²) in [6.07, 6.45) is -0.0652. The van der Waals surface area contributed by atoms with Crippen molar-refractivity contribution in [3.63, 3.8) is 0 Å². The summed E-state index contributed by atoms with van der Waals surface area (Å²) >= 11 is 3.06. The zero-order valence-electron chi connectivity index (χ0n) is 11.3. The van der Waals surface area contributed by atoms with Crippen LogP contribution in [0.15, 0.2) is 52.1 Å². The lowest BCUT2D eigenvalue weighted by Gasteiger charge is -2.21. The van der Waals surface area contributed by atoms with Crippen LogP contribution in [-0.2, 0) is 9.59 Å². The number of aliphatic carboxylic acids is 1. The molecule has 0 aliphatic carbocycles. The normalized spacial score (nSPS) is 10.3. The highest BCUT2D eigenvalue weighted by molar-refractivity contribution is 8.01. The lowest BCUT2D eigenvalue weighted by Crippen LogP contribution is -2.34. The van der Waals surface area contributed by atoms with Crippen molar-refractivity contribution in [2.24, 2.45) is 0 Å². The van der Waals surface area contributed by atoms with Crippen molar-refractivity contribution in [2.45, 2.75) is 10.6 Å². The molecule has 0 spiro atoms. The van der Waals surface area contributed by atoms with Gasteiger partial charge >= 0.3 is 5.97 Å². The van der Waals surface area contributed by atoms with Crippen molar-refractivity contribution in [3.8, 4) is 0 Å². The predicted molar refractivity (Wildman–Crippen MR) is 86.1 cm³/mol. The van der Waals surface area contributed by atoms with Gasteiger partial charge in [0.25, 0.3) is 0 Å². The van der Waals surface area contributed by atoms with E-state index in [2.05, 4.69) is 0 Å². The molecule has 1 aromatic heterocycles. The van der Waals surface area contributed by atoms with Crippen LogP contribution in [-0.4, -0.2) is 29.3 Å². The van der Waals surface area contributed by atoms with E-state index in [1.165, 1.54) is 16.7 Å². The van der Waals surface area contributed by atoms with Gasteiger partial charge in [-0.05, 0) is 23.6 Å². The molecule has 4 nitrogen and oxygen atoms in total. The molecule has 110 valence electrons. The third kappa shape index (κ3) is 4.91. The molecule has 0 radical (unpaired) electrons. The summed E-state index contributed by atoms with van der Waals surface area (Å²) in [5, 5.41) is 10.8. The summed E-state index contributed by atoms with van der Waals surface area (Å²) in [6.45, 7) is 0.184. The molecule has 6 heteroatoms. The average molecular weight is 321 g/mol. The standard InChI is InChI=1S/C15H15NO3S2/c17-13(11-21-15-7-4-10-20-15)16(9-8-14(18)19)12-5-2-1-3-6-12/h1-7,10H,8-9,11H2,(H,18,19). The molecule has 2 rings (SSSR count). The molecular formula is C15H15NO3S2. The molecule has 0 saturated heterocycles. The Labute approximate surface area is 131 Å². The summed E-state index contributed by atoms with van der Waals surface area (Å²) in [5.41, 5.74) is 0.732. The number of nitrogens with zero attached hydrogens (tertiary/aromatic N) is 1. The largest absolute Gasteiger partial charge is 0.481 e. The Hall–Kier alpha value is -1.79. The van der Waals surface area contributed by atoms with Crippen LogP contribution in [0.3, 0.4) is 0 Å². The predicted octanol–water partition coefficient (Wildman–Crippen LogP) is 3.35. The number of thioether (sulfide) groups is 1. The van der Waals surface area contributed by atoms with Crippen LogP contribution in [0.25, 0.3) is 0 Å². The molecule has 1 aromatic carbocycles. The number of thiophene rings is 1. The van der Waals surface area contributed by atoms with E-state index in [0.29, 0.717) is 5.75 Å². The number of para-hydroxylation sites is 1. The Kier molecular flexibility index (Phi) is 5.83. The van der Waals surface area contributed by atoms with E-state index in [1.54, 1.807) is 11.3 Å². The first-order valence-corrected chi connectivity index (χ1v) is 8.27. The lowest BCUT2D eigenvalue weighted by atomic mass is 10.2. The minimum absolute atomic E-state index is 0.0652. The molecular weight excluding hydrogens is 306 g/mol. The fraction of sp³-hybridized carbons (Fsp3) is 0.200. The zero-order valence-corrected chi connectivity index (χ0v) is 12.9. The summed E-state index contributed by atoms with van der Waals surface area (Å²) < 4.78 is 1.08. The Morgan fingerprint density at radius 2 is 1.90 bits per heavy atom. The fourth-order valence-electron chi connectivity index (χ4n) is 1.77. The minimum atomic E-state index is -0.908. The Balaban J connectivity index is 2.03. The second-order valence-corrected chi connectivity index (χ2v) is 6.47. The van der Waals surface area contributed by atoms with Crippen molar-refractivity contribution >= 4 is 40.7 Å². The zero-order chi connectivity index (χ0) is 15.1. The van der Waals surface area contributed by atoms with Crippen LogP contribution in [0.1, 0.15) is 6.42 Å². The number of carbonyl (C=O) groups is 2. The van der Waals surface area contributed by atoms with Crippen LogP contribution in [0.4, 0.5) is 5.69 Å². The summed E-state index contributed by atoms with van der Waals surface area (Å²) in [7, 11) is 0. The van der Waals surface area contributed by atoms with E-state index in [0.717, 1.165) is 9.90 Å². The molecule has 0 atom stereocenters. The summed E-state index contributed by atoms with van der Waals surface area (Å²) in [5.74, 6) is -0.690. The van der Waals surface area contributed by atoms with E-state index >= 15 is 0 Å². The highest BCUT2D eigenvalue weighted by atomic mass is 32.2. The van der Waals surface area contributed by atoms with Gasteiger partial charge in [0.2, 0.25) is 5.91 Å². The maximum absolute atomic E-state index is 12.4. The molecule has 21 heavy (non-hydrogen) atoms. The Bertz CT molecular complexity index is 584. The van der Waals surface area contributed by atoms with Gasteiger partial charge in [0.05, 0.1) is 16.4 Å². The van der Waals surface area contributed by atoms with E-state index < -0.39 is 5.97 Å². The summed E-state index contributed by atoms with van der Waals surface area (Å²) in [4.78, 5) is 24.7. The molecule has 1 N–H and O–H groups in total. The average Bonchev–Trinajstić information content (AvgIpc) is 2.99. The quantitative estimate of drug-likeness (QED) is 0.795. The van der Waals surface area contributed by atoms with Gasteiger partial charge in [-0.1, -0.05) is 24.3 Å². The molecule has 0 unspecified atom stereocenters. The second-order valence-electron chi connectivity index (χ2n) is 4.25. The first kappa shape index (κ1) is 15.6. The maximum Gasteiger partial charge on any atom is 0.305 e. The summed E-state index contributed by atoms with van der Waals surface area (Å²) in [6, 6.07) is 13.1. The van der Waals surface area contributed by atoms with Gasteiger partial charge in [0, 0.05) is 12.2 Å². The number of carboxylic acid groups (broad SMARTS) is 1. The SMILES string of the molecule is O=C(O)CCN(C(=O)CSc1cccs1)c1ccccc1. The van der Waals surface area contributed by atoms with Gasteiger partial charge in [-0.2, -0.15) is 0 Å². The minimum Gasteiger partial charge on any atom is -0.481 e. The van der Waals surface area contributed by atoms with Crippen LogP contribution in [0.5, 0.6) is 0 Å². The monoisotopic (exact) mass is 321 g/mol. The number of hydrogen-bond acceptors (Lipinski definition) is 4. The Morgan fingerprint density at radius 3 is 2.52 bits per heavy atom. The van der Waals surface area contributed by atoms with Gasteiger partial charge in [0.1, 0.15) is 0 Å². The number of amides is 1.